The van der Waals surface area contributed by atoms with Crippen LogP contribution in [0.15, 0.2) is 36.4 Å². The van der Waals surface area contributed by atoms with Crippen LogP contribution in [0, 0.1) is 23.0 Å². The lowest BCUT2D eigenvalue weighted by atomic mass is 10.0. The van der Waals surface area contributed by atoms with Crippen molar-refractivity contribution in [3.05, 3.63) is 59.2 Å². The second-order valence-electron chi connectivity index (χ2n) is 4.03. The van der Waals surface area contributed by atoms with Gasteiger partial charge in [0, 0.05) is 0 Å². The Kier molecular flexibility index (Phi) is 3.76. The molecule has 0 N–H and O–H groups in total. The monoisotopic (exact) mass is 273 g/mol. The van der Waals surface area contributed by atoms with Crippen molar-refractivity contribution in [2.24, 2.45) is 0 Å². The van der Waals surface area contributed by atoms with Crippen LogP contribution in [0.3, 0.4) is 0 Å². The molecule has 0 unspecified atom stereocenters. The molecule has 0 spiro atoms. The van der Waals surface area contributed by atoms with Crippen LogP contribution < -0.4 is 0 Å². The minimum atomic E-state index is -0.700. The molecule has 0 bridgehead atoms. The van der Waals surface area contributed by atoms with Gasteiger partial charge in [-0.1, -0.05) is 6.07 Å². The Bertz CT molecular complexity index is 720. The van der Waals surface area contributed by atoms with Crippen LogP contribution in [0.25, 0.3) is 11.1 Å². The fourth-order valence-electron chi connectivity index (χ4n) is 1.78. The van der Waals surface area contributed by atoms with Gasteiger partial charge in [-0.2, -0.15) is 5.26 Å². The Morgan fingerprint density at radius 3 is 2.50 bits per heavy atom. The summed E-state index contributed by atoms with van der Waals surface area (Å²) in [7, 11) is 1.19. The SMILES string of the molecule is COC(=O)c1cc(F)cc(-c2ccc(C#N)c(F)c2)c1. The second kappa shape index (κ2) is 5.49. The molecule has 0 radical (unpaired) electrons. The summed E-state index contributed by atoms with van der Waals surface area (Å²) in [6, 6.07) is 9.21. The molecule has 0 aromatic heterocycles. The Hall–Kier alpha value is -2.74. The van der Waals surface area contributed by atoms with Gasteiger partial charge in [0.2, 0.25) is 0 Å². The largest absolute Gasteiger partial charge is 0.465 e. The number of methoxy groups -OCH3 is 1. The maximum Gasteiger partial charge on any atom is 0.337 e. The van der Waals surface area contributed by atoms with Gasteiger partial charge in [0.15, 0.2) is 0 Å². The number of carbonyl (C=O) groups excluding carboxylic acids is 1. The van der Waals surface area contributed by atoms with Crippen molar-refractivity contribution in [1.82, 2.24) is 0 Å². The summed E-state index contributed by atoms with van der Waals surface area (Å²) in [5.74, 6) is -2.01. The molecule has 2 aromatic rings. The van der Waals surface area contributed by atoms with Gasteiger partial charge >= 0.3 is 5.97 Å². The topological polar surface area (TPSA) is 50.1 Å². The average molecular weight is 273 g/mol. The van der Waals surface area contributed by atoms with E-state index in [0.29, 0.717) is 11.1 Å². The van der Waals surface area contributed by atoms with E-state index in [-0.39, 0.29) is 11.1 Å². The Labute approximate surface area is 114 Å². The summed E-state index contributed by atoms with van der Waals surface area (Å²) in [6.45, 7) is 0. The van der Waals surface area contributed by atoms with E-state index in [1.54, 1.807) is 6.07 Å². The molecule has 0 amide bonds. The lowest BCUT2D eigenvalue weighted by molar-refractivity contribution is 0.0600. The molecule has 0 fully saturated rings. The summed E-state index contributed by atoms with van der Waals surface area (Å²) in [6.07, 6.45) is 0. The number of nitrogens with zero attached hydrogens (tertiary/aromatic N) is 1. The second-order valence-corrected chi connectivity index (χ2v) is 4.03. The molecule has 100 valence electrons. The Morgan fingerprint density at radius 1 is 1.15 bits per heavy atom. The lowest BCUT2D eigenvalue weighted by Gasteiger charge is -2.06. The van der Waals surface area contributed by atoms with Crippen LogP contribution in [0.4, 0.5) is 8.78 Å². The van der Waals surface area contributed by atoms with E-state index in [9.17, 15) is 13.6 Å². The number of rotatable bonds is 2. The molecule has 20 heavy (non-hydrogen) atoms. The van der Waals surface area contributed by atoms with Gasteiger partial charge in [0.1, 0.15) is 17.7 Å². The predicted octanol–water partition coefficient (Wildman–Crippen LogP) is 3.29. The van der Waals surface area contributed by atoms with Crippen LogP contribution in [0.5, 0.6) is 0 Å². The summed E-state index contributed by atoms with van der Waals surface area (Å²) < 4.78 is 31.6. The molecule has 0 aliphatic carbocycles. The number of esters is 1. The number of hydrogen-bond donors (Lipinski definition) is 0. The van der Waals surface area contributed by atoms with E-state index in [4.69, 9.17) is 5.26 Å². The number of halogens is 2. The van der Waals surface area contributed by atoms with Gasteiger partial charge in [-0.05, 0) is 41.5 Å². The fraction of sp³-hybridized carbons (Fsp3) is 0.0667. The number of carbonyl (C=O) groups is 1. The van der Waals surface area contributed by atoms with Crippen molar-refractivity contribution in [3.63, 3.8) is 0 Å². The highest BCUT2D eigenvalue weighted by molar-refractivity contribution is 5.91. The van der Waals surface area contributed by atoms with E-state index >= 15 is 0 Å². The zero-order valence-electron chi connectivity index (χ0n) is 10.5. The zero-order valence-corrected chi connectivity index (χ0v) is 10.5. The van der Waals surface area contributed by atoms with Crippen molar-refractivity contribution in [1.29, 1.82) is 5.26 Å². The standard InChI is InChI=1S/C15H9F2NO2/c1-20-15(19)12-4-11(5-13(16)6-12)9-2-3-10(8-18)14(17)7-9/h2-7H,1H3. The van der Waals surface area contributed by atoms with E-state index in [1.807, 2.05) is 0 Å². The van der Waals surface area contributed by atoms with Gasteiger partial charge < -0.3 is 4.74 Å². The first-order valence-electron chi connectivity index (χ1n) is 5.64. The first-order chi connectivity index (χ1) is 9.55. The van der Waals surface area contributed by atoms with E-state index in [1.165, 1.54) is 31.4 Å². The third-order valence-corrected chi connectivity index (χ3v) is 2.74. The molecular formula is C15H9F2NO2. The number of ether oxygens (including phenoxy) is 1. The van der Waals surface area contributed by atoms with Gasteiger partial charge in [0.05, 0.1) is 18.2 Å². The molecule has 2 rings (SSSR count). The van der Waals surface area contributed by atoms with Crippen molar-refractivity contribution in [3.8, 4) is 17.2 Å². The van der Waals surface area contributed by atoms with Gasteiger partial charge in [-0.3, -0.25) is 0 Å². The molecule has 5 heteroatoms. The fourth-order valence-corrected chi connectivity index (χ4v) is 1.78. The van der Waals surface area contributed by atoms with Gasteiger partial charge in [-0.25, -0.2) is 13.6 Å². The molecule has 0 heterocycles. The first kappa shape index (κ1) is 13.7. The summed E-state index contributed by atoms with van der Waals surface area (Å²) in [5, 5.41) is 8.66. The predicted molar refractivity (Wildman–Crippen MR) is 67.8 cm³/mol. The molecule has 0 saturated carbocycles. The molecule has 2 aromatic carbocycles. The van der Waals surface area contributed by atoms with Crippen LogP contribution in [0.1, 0.15) is 15.9 Å². The van der Waals surface area contributed by atoms with Crippen LogP contribution >= 0.6 is 0 Å². The summed E-state index contributed by atoms with van der Waals surface area (Å²) in [4.78, 5) is 11.4. The van der Waals surface area contributed by atoms with Crippen LogP contribution in [-0.4, -0.2) is 13.1 Å². The molecule has 0 aliphatic heterocycles. The third kappa shape index (κ3) is 2.64. The van der Waals surface area contributed by atoms with Crippen molar-refractivity contribution in [2.75, 3.05) is 7.11 Å². The number of nitriles is 1. The Balaban J connectivity index is 2.53. The quantitative estimate of drug-likeness (QED) is 0.789. The van der Waals surface area contributed by atoms with Crippen LogP contribution in [-0.2, 0) is 4.74 Å². The van der Waals surface area contributed by atoms with Crippen molar-refractivity contribution < 1.29 is 18.3 Å². The van der Waals surface area contributed by atoms with Crippen molar-refractivity contribution >= 4 is 5.97 Å². The third-order valence-electron chi connectivity index (χ3n) is 2.74. The first-order valence-corrected chi connectivity index (χ1v) is 5.64. The summed E-state index contributed by atoms with van der Waals surface area (Å²) in [5.41, 5.74) is 0.630. The average Bonchev–Trinajstić information content (AvgIpc) is 2.45. The minimum absolute atomic E-state index is 0.0345. The maximum atomic E-state index is 13.6. The molecule has 3 nitrogen and oxygen atoms in total. The minimum Gasteiger partial charge on any atom is -0.465 e. The smallest absolute Gasteiger partial charge is 0.337 e. The lowest BCUT2D eigenvalue weighted by Crippen LogP contribution is -2.02. The van der Waals surface area contributed by atoms with E-state index in [2.05, 4.69) is 4.74 Å². The van der Waals surface area contributed by atoms with Crippen molar-refractivity contribution in [2.45, 2.75) is 0 Å². The van der Waals surface area contributed by atoms with Gasteiger partial charge in [0.25, 0.3) is 0 Å². The Morgan fingerprint density at radius 2 is 1.90 bits per heavy atom. The highest BCUT2D eigenvalue weighted by Gasteiger charge is 2.11. The summed E-state index contributed by atoms with van der Waals surface area (Å²) >= 11 is 0. The van der Waals surface area contributed by atoms with Crippen LogP contribution in [0.2, 0.25) is 0 Å². The van der Waals surface area contributed by atoms with Gasteiger partial charge in [-0.15, -0.1) is 0 Å². The zero-order chi connectivity index (χ0) is 14.7. The highest BCUT2D eigenvalue weighted by atomic mass is 19.1. The molecule has 0 aliphatic rings. The normalized spacial score (nSPS) is 9.90. The molecule has 0 saturated heterocycles. The maximum absolute atomic E-state index is 13.6. The highest BCUT2D eigenvalue weighted by Crippen LogP contribution is 2.24. The molecular weight excluding hydrogens is 264 g/mol. The number of hydrogen-bond acceptors (Lipinski definition) is 3. The molecule has 0 atom stereocenters. The number of benzene rings is 2. The van der Waals surface area contributed by atoms with E-state index < -0.39 is 17.6 Å². The van der Waals surface area contributed by atoms with E-state index in [0.717, 1.165) is 12.1 Å².